The molecule has 26 heavy (non-hydrogen) atoms. The predicted molar refractivity (Wildman–Crippen MR) is 94.0 cm³/mol. The predicted octanol–water partition coefficient (Wildman–Crippen LogP) is 1.81. The fraction of sp³-hybridized carbons (Fsp3) is 0.263. The number of carboxylic acid groups (broad SMARTS) is 1. The molecule has 2 aromatic rings. The Hall–Kier alpha value is -3.22. The van der Waals surface area contributed by atoms with Gasteiger partial charge in [-0.05, 0) is 37.1 Å². The van der Waals surface area contributed by atoms with Crippen molar-refractivity contribution >= 4 is 17.8 Å². The Morgan fingerprint density at radius 2 is 1.69 bits per heavy atom. The molecular weight excluding hydrogens is 334 g/mol. The van der Waals surface area contributed by atoms with Gasteiger partial charge in [-0.25, -0.2) is 9.78 Å². The number of rotatable bonds is 4. The van der Waals surface area contributed by atoms with Crippen molar-refractivity contribution in [1.29, 1.82) is 0 Å². The normalized spacial score (nSPS) is 14.7. The van der Waals surface area contributed by atoms with Gasteiger partial charge in [0.05, 0.1) is 5.56 Å². The van der Waals surface area contributed by atoms with Crippen LogP contribution in [0.4, 0.5) is 0 Å². The van der Waals surface area contributed by atoms with Crippen molar-refractivity contribution in [1.82, 2.24) is 15.2 Å². The molecule has 2 N–H and O–H groups in total. The van der Waals surface area contributed by atoms with E-state index in [1.54, 1.807) is 17.0 Å². The number of piperidine rings is 1. The van der Waals surface area contributed by atoms with Gasteiger partial charge in [-0.3, -0.25) is 9.59 Å². The van der Waals surface area contributed by atoms with Crippen LogP contribution < -0.4 is 5.32 Å². The SMILES string of the molecule is O=C(NC1CCN(C(=O)c2ccc(C(=O)O)nc2)CC1)c1ccccc1. The Morgan fingerprint density at radius 1 is 1.00 bits per heavy atom. The Kier molecular flexibility index (Phi) is 5.26. The quantitative estimate of drug-likeness (QED) is 0.873. The van der Waals surface area contributed by atoms with Gasteiger partial charge in [0.15, 0.2) is 0 Å². The van der Waals surface area contributed by atoms with E-state index in [0.29, 0.717) is 37.1 Å². The molecule has 1 fully saturated rings. The highest BCUT2D eigenvalue weighted by atomic mass is 16.4. The third kappa shape index (κ3) is 4.05. The highest BCUT2D eigenvalue weighted by molar-refractivity contribution is 5.95. The lowest BCUT2D eigenvalue weighted by molar-refractivity contribution is 0.0676. The molecule has 1 aromatic heterocycles. The van der Waals surface area contributed by atoms with Gasteiger partial charge >= 0.3 is 5.97 Å². The van der Waals surface area contributed by atoms with Gasteiger partial charge in [0, 0.05) is 30.9 Å². The minimum Gasteiger partial charge on any atom is -0.477 e. The van der Waals surface area contributed by atoms with E-state index in [1.807, 2.05) is 18.2 Å². The van der Waals surface area contributed by atoms with Crippen LogP contribution in [0.25, 0.3) is 0 Å². The van der Waals surface area contributed by atoms with Crippen LogP contribution in [0.5, 0.6) is 0 Å². The molecule has 0 radical (unpaired) electrons. The van der Waals surface area contributed by atoms with E-state index in [1.165, 1.54) is 18.3 Å². The molecule has 1 aliphatic rings. The first-order valence-corrected chi connectivity index (χ1v) is 8.39. The van der Waals surface area contributed by atoms with E-state index < -0.39 is 5.97 Å². The van der Waals surface area contributed by atoms with Crippen LogP contribution in [0.3, 0.4) is 0 Å². The summed E-state index contributed by atoms with van der Waals surface area (Å²) in [6, 6.07) is 11.9. The average Bonchev–Trinajstić information content (AvgIpc) is 2.69. The lowest BCUT2D eigenvalue weighted by Crippen LogP contribution is -2.46. The summed E-state index contributed by atoms with van der Waals surface area (Å²) in [5.74, 6) is -1.41. The van der Waals surface area contributed by atoms with Crippen molar-refractivity contribution in [2.75, 3.05) is 13.1 Å². The number of aromatic carboxylic acids is 1. The highest BCUT2D eigenvalue weighted by Crippen LogP contribution is 2.15. The van der Waals surface area contributed by atoms with Gasteiger partial charge in [-0.1, -0.05) is 18.2 Å². The topological polar surface area (TPSA) is 99.6 Å². The zero-order valence-electron chi connectivity index (χ0n) is 14.1. The summed E-state index contributed by atoms with van der Waals surface area (Å²) in [5.41, 5.74) is 0.890. The third-order valence-corrected chi connectivity index (χ3v) is 4.38. The zero-order valence-corrected chi connectivity index (χ0v) is 14.1. The van der Waals surface area contributed by atoms with Crippen LogP contribution in [-0.4, -0.2) is 51.9 Å². The van der Waals surface area contributed by atoms with E-state index in [2.05, 4.69) is 10.3 Å². The summed E-state index contributed by atoms with van der Waals surface area (Å²) in [6.45, 7) is 1.05. The fourth-order valence-corrected chi connectivity index (χ4v) is 2.91. The van der Waals surface area contributed by atoms with E-state index in [9.17, 15) is 14.4 Å². The molecule has 0 spiro atoms. The molecule has 7 heteroatoms. The van der Waals surface area contributed by atoms with E-state index >= 15 is 0 Å². The number of carbonyl (C=O) groups is 3. The Morgan fingerprint density at radius 3 is 2.27 bits per heavy atom. The molecule has 7 nitrogen and oxygen atoms in total. The maximum Gasteiger partial charge on any atom is 0.354 e. The van der Waals surface area contributed by atoms with Gasteiger partial charge in [0.1, 0.15) is 5.69 Å². The first kappa shape index (κ1) is 17.6. The first-order valence-electron chi connectivity index (χ1n) is 8.39. The molecule has 0 bridgehead atoms. The van der Waals surface area contributed by atoms with Gasteiger partial charge in [0.25, 0.3) is 11.8 Å². The molecule has 2 heterocycles. The van der Waals surface area contributed by atoms with Crippen molar-refractivity contribution in [2.24, 2.45) is 0 Å². The van der Waals surface area contributed by atoms with Crippen molar-refractivity contribution in [3.05, 3.63) is 65.5 Å². The van der Waals surface area contributed by atoms with Crippen LogP contribution >= 0.6 is 0 Å². The van der Waals surface area contributed by atoms with Gasteiger partial charge in [-0.2, -0.15) is 0 Å². The second-order valence-corrected chi connectivity index (χ2v) is 6.14. The monoisotopic (exact) mass is 353 g/mol. The van der Waals surface area contributed by atoms with Gasteiger partial charge in [0.2, 0.25) is 0 Å². The van der Waals surface area contributed by atoms with Crippen LogP contribution in [0.15, 0.2) is 48.7 Å². The average molecular weight is 353 g/mol. The smallest absolute Gasteiger partial charge is 0.354 e. The van der Waals surface area contributed by atoms with Crippen LogP contribution in [0.1, 0.15) is 44.0 Å². The molecule has 0 saturated carbocycles. The second-order valence-electron chi connectivity index (χ2n) is 6.14. The fourth-order valence-electron chi connectivity index (χ4n) is 2.91. The van der Waals surface area contributed by atoms with Crippen molar-refractivity contribution in [3.63, 3.8) is 0 Å². The summed E-state index contributed by atoms with van der Waals surface area (Å²) >= 11 is 0. The molecular formula is C19H19N3O4. The molecule has 2 amide bonds. The van der Waals surface area contributed by atoms with Crippen LogP contribution in [0, 0.1) is 0 Å². The Bertz CT molecular complexity index is 797. The lowest BCUT2D eigenvalue weighted by atomic mass is 10.0. The minimum atomic E-state index is -1.13. The Balaban J connectivity index is 1.54. The summed E-state index contributed by atoms with van der Waals surface area (Å²) in [5, 5.41) is 11.9. The number of nitrogens with one attached hydrogen (secondary N) is 1. The summed E-state index contributed by atoms with van der Waals surface area (Å²) in [4.78, 5) is 41.0. The largest absolute Gasteiger partial charge is 0.477 e. The molecule has 134 valence electrons. The molecule has 1 aliphatic heterocycles. The molecule has 1 saturated heterocycles. The molecule has 0 aliphatic carbocycles. The Labute approximate surface area is 150 Å². The zero-order chi connectivity index (χ0) is 18.5. The van der Waals surface area contributed by atoms with Crippen molar-refractivity contribution in [2.45, 2.75) is 18.9 Å². The number of amides is 2. The van der Waals surface area contributed by atoms with Crippen molar-refractivity contribution < 1.29 is 19.5 Å². The first-order chi connectivity index (χ1) is 12.5. The highest BCUT2D eigenvalue weighted by Gasteiger charge is 2.25. The summed E-state index contributed by atoms with van der Waals surface area (Å²) in [7, 11) is 0. The standard InChI is InChI=1S/C19H19N3O4/c23-17(13-4-2-1-3-5-13)21-15-8-10-22(11-9-15)18(24)14-6-7-16(19(25)26)20-12-14/h1-7,12,15H,8-11H2,(H,21,23)(H,25,26). The number of carbonyl (C=O) groups excluding carboxylic acids is 2. The van der Waals surface area contributed by atoms with Crippen molar-refractivity contribution in [3.8, 4) is 0 Å². The number of nitrogens with zero attached hydrogens (tertiary/aromatic N) is 2. The number of likely N-dealkylation sites (tertiary alicyclic amines) is 1. The van der Waals surface area contributed by atoms with Gasteiger partial charge < -0.3 is 15.3 Å². The minimum absolute atomic E-state index is 0.0271. The maximum absolute atomic E-state index is 12.5. The summed E-state index contributed by atoms with van der Waals surface area (Å²) < 4.78 is 0. The molecule has 3 rings (SSSR count). The van der Waals surface area contributed by atoms with E-state index in [0.717, 1.165) is 0 Å². The van der Waals surface area contributed by atoms with E-state index in [4.69, 9.17) is 5.11 Å². The second kappa shape index (κ2) is 7.77. The number of benzene rings is 1. The summed E-state index contributed by atoms with van der Waals surface area (Å²) in [6.07, 6.45) is 2.63. The van der Waals surface area contributed by atoms with Crippen LogP contribution in [0.2, 0.25) is 0 Å². The number of aromatic nitrogens is 1. The number of carboxylic acids is 1. The van der Waals surface area contributed by atoms with E-state index in [-0.39, 0.29) is 23.6 Å². The van der Waals surface area contributed by atoms with Crippen LogP contribution in [-0.2, 0) is 0 Å². The maximum atomic E-state index is 12.5. The lowest BCUT2D eigenvalue weighted by Gasteiger charge is -2.32. The molecule has 1 aromatic carbocycles. The number of hydrogen-bond donors (Lipinski definition) is 2. The molecule has 0 unspecified atom stereocenters. The number of pyridine rings is 1. The van der Waals surface area contributed by atoms with Gasteiger partial charge in [-0.15, -0.1) is 0 Å². The third-order valence-electron chi connectivity index (χ3n) is 4.38. The number of hydrogen-bond acceptors (Lipinski definition) is 4. The molecule has 0 atom stereocenters.